The summed E-state index contributed by atoms with van der Waals surface area (Å²) in [6.07, 6.45) is 9.55. The quantitative estimate of drug-likeness (QED) is 0.834. The first-order chi connectivity index (χ1) is 8.55. The third kappa shape index (κ3) is 2.34. The predicted octanol–water partition coefficient (Wildman–Crippen LogP) is 3.41. The molecule has 0 aromatic heterocycles. The van der Waals surface area contributed by atoms with Gasteiger partial charge in [-0.05, 0) is 56.5 Å². The second-order valence-electron chi connectivity index (χ2n) is 7.17. The van der Waals surface area contributed by atoms with Crippen LogP contribution in [0.15, 0.2) is 0 Å². The molecule has 1 heterocycles. The Kier molecular flexibility index (Phi) is 4.38. The van der Waals surface area contributed by atoms with Gasteiger partial charge in [-0.2, -0.15) is 0 Å². The summed E-state index contributed by atoms with van der Waals surface area (Å²) >= 11 is 0. The summed E-state index contributed by atoms with van der Waals surface area (Å²) in [7, 11) is 0. The molecule has 0 bridgehead atoms. The molecule has 0 spiro atoms. The molecule has 2 N–H and O–H groups in total. The Bertz CT molecular complexity index is 274. The number of hydrogen-bond acceptors (Lipinski definition) is 2. The Balaban J connectivity index is 2.13. The van der Waals surface area contributed by atoms with Crippen molar-refractivity contribution in [3.63, 3.8) is 0 Å². The van der Waals surface area contributed by atoms with E-state index in [0.717, 1.165) is 12.5 Å². The van der Waals surface area contributed by atoms with Crippen LogP contribution in [-0.4, -0.2) is 30.1 Å². The van der Waals surface area contributed by atoms with Gasteiger partial charge in [0.15, 0.2) is 0 Å². The Hall–Kier alpha value is -0.0800. The lowest BCUT2D eigenvalue weighted by molar-refractivity contribution is 0.0144. The van der Waals surface area contributed by atoms with Crippen molar-refractivity contribution >= 4 is 0 Å². The van der Waals surface area contributed by atoms with E-state index in [1.54, 1.807) is 0 Å². The van der Waals surface area contributed by atoms with Crippen LogP contribution in [-0.2, 0) is 0 Å². The molecule has 0 aromatic carbocycles. The van der Waals surface area contributed by atoms with Crippen molar-refractivity contribution in [1.82, 2.24) is 4.90 Å². The van der Waals surface area contributed by atoms with Crippen LogP contribution in [0.2, 0.25) is 0 Å². The summed E-state index contributed by atoms with van der Waals surface area (Å²) in [5.41, 5.74) is 6.94. The van der Waals surface area contributed by atoms with Crippen LogP contribution in [0, 0.1) is 11.3 Å². The van der Waals surface area contributed by atoms with Gasteiger partial charge >= 0.3 is 0 Å². The fraction of sp³-hybridized carbons (Fsp3) is 1.00. The van der Waals surface area contributed by atoms with E-state index >= 15 is 0 Å². The SMILES string of the molecule is CCC1CCCN(C2(CN)CCCC2(C)C)CC1. The fourth-order valence-electron chi connectivity index (χ4n) is 4.49. The minimum Gasteiger partial charge on any atom is -0.329 e. The first kappa shape index (κ1) is 14.3. The zero-order chi connectivity index (χ0) is 13.2. The second kappa shape index (κ2) is 5.50. The van der Waals surface area contributed by atoms with Gasteiger partial charge in [0.1, 0.15) is 0 Å². The Morgan fingerprint density at radius 3 is 2.44 bits per heavy atom. The van der Waals surface area contributed by atoms with E-state index in [2.05, 4.69) is 25.7 Å². The molecule has 0 radical (unpaired) electrons. The maximum absolute atomic E-state index is 6.25. The van der Waals surface area contributed by atoms with Gasteiger partial charge in [-0.3, -0.25) is 4.90 Å². The topological polar surface area (TPSA) is 29.3 Å². The van der Waals surface area contributed by atoms with Crippen LogP contribution >= 0.6 is 0 Å². The van der Waals surface area contributed by atoms with Crippen LogP contribution in [0.5, 0.6) is 0 Å². The molecule has 2 fully saturated rings. The standard InChI is InChI=1S/C16H32N2/c1-4-14-7-5-11-18(12-8-14)16(13-17)10-6-9-15(16,2)3/h14H,4-13,17H2,1-3H3. The number of hydrogen-bond donors (Lipinski definition) is 1. The van der Waals surface area contributed by atoms with Crippen LogP contribution in [0.25, 0.3) is 0 Å². The first-order valence-electron chi connectivity index (χ1n) is 8.01. The highest BCUT2D eigenvalue weighted by molar-refractivity contribution is 5.07. The van der Waals surface area contributed by atoms with E-state index in [-0.39, 0.29) is 5.54 Å². The number of nitrogens with two attached hydrogens (primary N) is 1. The van der Waals surface area contributed by atoms with Crippen molar-refractivity contribution in [3.8, 4) is 0 Å². The molecule has 106 valence electrons. The molecular weight excluding hydrogens is 220 g/mol. The highest BCUT2D eigenvalue weighted by Crippen LogP contribution is 2.49. The van der Waals surface area contributed by atoms with Gasteiger partial charge < -0.3 is 5.73 Å². The summed E-state index contributed by atoms with van der Waals surface area (Å²) in [5.74, 6) is 0.953. The van der Waals surface area contributed by atoms with E-state index in [9.17, 15) is 0 Å². The molecule has 2 rings (SSSR count). The normalized spacial score (nSPS) is 37.7. The number of rotatable bonds is 3. The lowest BCUT2D eigenvalue weighted by Crippen LogP contribution is -2.60. The van der Waals surface area contributed by atoms with Gasteiger partial charge in [0.05, 0.1) is 0 Å². The lowest BCUT2D eigenvalue weighted by Gasteiger charge is -2.49. The van der Waals surface area contributed by atoms with Gasteiger partial charge in [-0.25, -0.2) is 0 Å². The molecule has 1 saturated carbocycles. The Morgan fingerprint density at radius 1 is 1.11 bits per heavy atom. The molecule has 18 heavy (non-hydrogen) atoms. The largest absolute Gasteiger partial charge is 0.329 e. The van der Waals surface area contributed by atoms with Crippen molar-refractivity contribution in [1.29, 1.82) is 0 Å². The fourth-order valence-corrected chi connectivity index (χ4v) is 4.49. The average Bonchev–Trinajstić information content (AvgIpc) is 2.55. The van der Waals surface area contributed by atoms with Crippen molar-refractivity contribution < 1.29 is 0 Å². The molecule has 1 aliphatic heterocycles. The van der Waals surface area contributed by atoms with Crippen molar-refractivity contribution in [3.05, 3.63) is 0 Å². The Labute approximate surface area is 113 Å². The molecule has 2 nitrogen and oxygen atoms in total. The van der Waals surface area contributed by atoms with E-state index in [0.29, 0.717) is 5.41 Å². The van der Waals surface area contributed by atoms with Crippen molar-refractivity contribution in [2.24, 2.45) is 17.1 Å². The molecule has 2 heteroatoms. The third-order valence-electron chi connectivity index (χ3n) is 6.02. The van der Waals surface area contributed by atoms with Crippen LogP contribution in [0.1, 0.15) is 65.7 Å². The Morgan fingerprint density at radius 2 is 1.89 bits per heavy atom. The summed E-state index contributed by atoms with van der Waals surface area (Å²) in [6, 6.07) is 0. The maximum atomic E-state index is 6.25. The average molecular weight is 252 g/mol. The highest BCUT2D eigenvalue weighted by atomic mass is 15.2. The van der Waals surface area contributed by atoms with Crippen LogP contribution in [0.4, 0.5) is 0 Å². The summed E-state index contributed by atoms with van der Waals surface area (Å²) < 4.78 is 0. The van der Waals surface area contributed by atoms with Crippen molar-refractivity contribution in [2.45, 2.75) is 71.3 Å². The van der Waals surface area contributed by atoms with Gasteiger partial charge in [-0.15, -0.1) is 0 Å². The molecular formula is C16H32N2. The molecule has 1 aliphatic carbocycles. The maximum Gasteiger partial charge on any atom is 0.0382 e. The van der Waals surface area contributed by atoms with Crippen LogP contribution in [0.3, 0.4) is 0 Å². The number of likely N-dealkylation sites (tertiary alicyclic amines) is 1. The van der Waals surface area contributed by atoms with Gasteiger partial charge in [0.2, 0.25) is 0 Å². The molecule has 1 saturated heterocycles. The number of nitrogens with zero attached hydrogens (tertiary/aromatic N) is 1. The second-order valence-corrected chi connectivity index (χ2v) is 7.17. The van der Waals surface area contributed by atoms with E-state index < -0.39 is 0 Å². The summed E-state index contributed by atoms with van der Waals surface area (Å²) in [4.78, 5) is 2.77. The zero-order valence-electron chi connectivity index (χ0n) is 12.7. The van der Waals surface area contributed by atoms with E-state index in [1.807, 2.05) is 0 Å². The van der Waals surface area contributed by atoms with Crippen molar-refractivity contribution in [2.75, 3.05) is 19.6 Å². The van der Waals surface area contributed by atoms with Crippen LogP contribution < -0.4 is 5.73 Å². The monoisotopic (exact) mass is 252 g/mol. The minimum absolute atomic E-state index is 0.287. The summed E-state index contributed by atoms with van der Waals surface area (Å²) in [5, 5.41) is 0. The van der Waals surface area contributed by atoms with Gasteiger partial charge in [-0.1, -0.05) is 33.6 Å². The summed E-state index contributed by atoms with van der Waals surface area (Å²) in [6.45, 7) is 10.6. The molecule has 2 aliphatic rings. The van der Waals surface area contributed by atoms with Gasteiger partial charge in [0.25, 0.3) is 0 Å². The predicted molar refractivity (Wildman–Crippen MR) is 78.6 cm³/mol. The minimum atomic E-state index is 0.287. The van der Waals surface area contributed by atoms with E-state index in [1.165, 1.54) is 58.0 Å². The molecule has 0 amide bonds. The highest BCUT2D eigenvalue weighted by Gasteiger charge is 2.51. The lowest BCUT2D eigenvalue weighted by atomic mass is 9.73. The third-order valence-corrected chi connectivity index (χ3v) is 6.02. The van der Waals surface area contributed by atoms with E-state index in [4.69, 9.17) is 5.73 Å². The molecule has 0 aromatic rings. The zero-order valence-corrected chi connectivity index (χ0v) is 12.7. The van der Waals surface area contributed by atoms with Gasteiger partial charge in [0, 0.05) is 12.1 Å². The molecule has 2 unspecified atom stereocenters. The molecule has 2 atom stereocenters. The first-order valence-corrected chi connectivity index (χ1v) is 8.01. The smallest absolute Gasteiger partial charge is 0.0382 e.